The van der Waals surface area contributed by atoms with Gasteiger partial charge in [-0.25, -0.2) is 4.79 Å². The molecule has 7 heteroatoms. The van der Waals surface area contributed by atoms with Crippen LogP contribution in [0.1, 0.15) is 39.7 Å². The van der Waals surface area contributed by atoms with Gasteiger partial charge in [0.05, 0.1) is 12.2 Å². The van der Waals surface area contributed by atoms with E-state index in [0.717, 1.165) is 0 Å². The summed E-state index contributed by atoms with van der Waals surface area (Å²) in [6, 6.07) is 8.53. The predicted molar refractivity (Wildman–Crippen MR) is 97.7 cm³/mol. The molecule has 0 saturated carbocycles. The molecule has 2 unspecified atom stereocenters. The molecule has 0 bridgehead atoms. The molecule has 2 atom stereocenters. The van der Waals surface area contributed by atoms with Gasteiger partial charge >= 0.3 is 6.09 Å². The Kier molecular flexibility index (Phi) is 8.99. The number of nitrogens with one attached hydrogen (secondary N) is 2. The largest absolute Gasteiger partial charge is 0.480 e. The Hall–Kier alpha value is -2.75. The first-order valence-electron chi connectivity index (χ1n) is 8.74. The van der Waals surface area contributed by atoms with Gasteiger partial charge in [0.1, 0.15) is 11.8 Å². The van der Waals surface area contributed by atoms with Crippen molar-refractivity contribution in [1.82, 2.24) is 10.6 Å². The Bertz CT molecular complexity index is 640. The molecule has 1 aromatic carbocycles. The molecule has 0 aromatic heterocycles. The molecule has 26 heavy (non-hydrogen) atoms. The van der Waals surface area contributed by atoms with Crippen molar-refractivity contribution in [2.45, 2.75) is 46.3 Å². The van der Waals surface area contributed by atoms with E-state index in [1.54, 1.807) is 38.1 Å². The van der Waals surface area contributed by atoms with Gasteiger partial charge in [-0.2, -0.15) is 5.26 Å². The summed E-state index contributed by atoms with van der Waals surface area (Å²) in [7, 11) is 0. The summed E-state index contributed by atoms with van der Waals surface area (Å²) in [5, 5.41) is 14.6. The number of nitriles is 1. The predicted octanol–water partition coefficient (Wildman–Crippen LogP) is 2.60. The highest BCUT2D eigenvalue weighted by atomic mass is 16.5. The molecule has 0 spiro atoms. The van der Waals surface area contributed by atoms with Gasteiger partial charge in [0.2, 0.25) is 0 Å². The van der Waals surface area contributed by atoms with Crippen LogP contribution in [0, 0.1) is 17.2 Å². The van der Waals surface area contributed by atoms with Gasteiger partial charge in [-0.15, -0.1) is 0 Å². The summed E-state index contributed by atoms with van der Waals surface area (Å²) in [6.07, 6.45) is -0.572. The molecule has 7 nitrogen and oxygen atoms in total. The van der Waals surface area contributed by atoms with Gasteiger partial charge in [0, 0.05) is 12.6 Å². The quantitative estimate of drug-likeness (QED) is 0.704. The fourth-order valence-corrected chi connectivity index (χ4v) is 2.38. The molecule has 0 fully saturated rings. The van der Waals surface area contributed by atoms with Gasteiger partial charge in [-0.05, 0) is 38.3 Å². The number of alkyl carbamates (subject to hydrolysis) is 1. The maximum atomic E-state index is 12.3. The van der Waals surface area contributed by atoms with Gasteiger partial charge in [0.15, 0.2) is 6.10 Å². The van der Waals surface area contributed by atoms with E-state index in [4.69, 9.17) is 14.7 Å². The fourth-order valence-electron chi connectivity index (χ4n) is 2.38. The molecule has 2 amide bonds. The lowest BCUT2D eigenvalue weighted by molar-refractivity contribution is -0.127. The molecule has 1 rings (SSSR count). The Morgan fingerprint density at radius 2 is 1.92 bits per heavy atom. The van der Waals surface area contributed by atoms with Crippen LogP contribution in [0.2, 0.25) is 0 Å². The van der Waals surface area contributed by atoms with Crippen LogP contribution in [-0.4, -0.2) is 37.3 Å². The van der Waals surface area contributed by atoms with E-state index < -0.39 is 12.2 Å². The molecule has 2 N–H and O–H groups in total. The molecular weight excluding hydrogens is 334 g/mol. The van der Waals surface area contributed by atoms with Crippen LogP contribution in [0.15, 0.2) is 24.3 Å². The van der Waals surface area contributed by atoms with E-state index in [9.17, 15) is 9.59 Å². The highest BCUT2D eigenvalue weighted by Crippen LogP contribution is 2.18. The SMILES string of the molecule is CCOC(=O)NC(CNC(=O)C(C)Oc1ccccc1C#N)CC(C)C. The van der Waals surface area contributed by atoms with Gasteiger partial charge < -0.3 is 20.1 Å². The molecular formula is C19H27N3O4. The van der Waals surface area contributed by atoms with Crippen molar-refractivity contribution in [3.05, 3.63) is 29.8 Å². The highest BCUT2D eigenvalue weighted by Gasteiger charge is 2.20. The molecule has 0 aliphatic heterocycles. The summed E-state index contributed by atoms with van der Waals surface area (Å²) < 4.78 is 10.5. The van der Waals surface area contributed by atoms with Crippen molar-refractivity contribution in [3.8, 4) is 11.8 Å². The lowest BCUT2D eigenvalue weighted by atomic mass is 10.0. The van der Waals surface area contributed by atoms with Crippen LogP contribution >= 0.6 is 0 Å². The normalized spacial score (nSPS) is 12.6. The Morgan fingerprint density at radius 3 is 2.54 bits per heavy atom. The summed E-state index contributed by atoms with van der Waals surface area (Å²) in [5.41, 5.74) is 0.369. The van der Waals surface area contributed by atoms with Crippen molar-refractivity contribution in [2.24, 2.45) is 5.92 Å². The minimum Gasteiger partial charge on any atom is -0.480 e. The van der Waals surface area contributed by atoms with Crippen LogP contribution in [-0.2, 0) is 9.53 Å². The monoisotopic (exact) mass is 361 g/mol. The van der Waals surface area contributed by atoms with E-state index in [1.165, 1.54) is 0 Å². The Morgan fingerprint density at radius 1 is 1.23 bits per heavy atom. The van der Waals surface area contributed by atoms with Crippen molar-refractivity contribution in [1.29, 1.82) is 5.26 Å². The number of amides is 2. The van der Waals surface area contributed by atoms with Crippen LogP contribution < -0.4 is 15.4 Å². The average molecular weight is 361 g/mol. The zero-order chi connectivity index (χ0) is 19.5. The molecule has 1 aromatic rings. The van der Waals surface area contributed by atoms with Crippen LogP contribution in [0.25, 0.3) is 0 Å². The zero-order valence-electron chi connectivity index (χ0n) is 15.7. The second kappa shape index (κ2) is 11.0. The van der Waals surface area contributed by atoms with Crippen molar-refractivity contribution in [3.63, 3.8) is 0 Å². The first-order valence-corrected chi connectivity index (χ1v) is 8.74. The number of carbonyl (C=O) groups excluding carboxylic acids is 2. The first-order chi connectivity index (χ1) is 12.4. The Labute approximate surface area is 154 Å². The molecule has 142 valence electrons. The van der Waals surface area contributed by atoms with Crippen molar-refractivity contribution >= 4 is 12.0 Å². The van der Waals surface area contributed by atoms with E-state index in [-0.39, 0.29) is 25.1 Å². The lowest BCUT2D eigenvalue weighted by Crippen LogP contribution is -2.47. The fraction of sp³-hybridized carbons (Fsp3) is 0.526. The van der Waals surface area contributed by atoms with Gasteiger partial charge in [-0.3, -0.25) is 4.79 Å². The van der Waals surface area contributed by atoms with Crippen molar-refractivity contribution < 1.29 is 19.1 Å². The maximum absolute atomic E-state index is 12.3. The molecule has 0 saturated heterocycles. The minimum absolute atomic E-state index is 0.239. The first kappa shape index (κ1) is 21.3. The lowest BCUT2D eigenvalue weighted by Gasteiger charge is -2.22. The third-order valence-corrected chi connectivity index (χ3v) is 3.56. The van der Waals surface area contributed by atoms with E-state index in [2.05, 4.69) is 10.6 Å². The second-order valence-electron chi connectivity index (χ2n) is 6.30. The average Bonchev–Trinajstić information content (AvgIpc) is 2.59. The number of nitrogens with zero attached hydrogens (tertiary/aromatic N) is 1. The highest BCUT2D eigenvalue weighted by molar-refractivity contribution is 5.80. The van der Waals surface area contributed by atoms with Crippen LogP contribution in [0.3, 0.4) is 0 Å². The number of hydrogen-bond acceptors (Lipinski definition) is 5. The molecule has 0 heterocycles. The zero-order valence-corrected chi connectivity index (χ0v) is 15.7. The molecule has 0 aliphatic carbocycles. The number of carbonyl (C=O) groups is 2. The third kappa shape index (κ3) is 7.43. The van der Waals surface area contributed by atoms with E-state index in [1.807, 2.05) is 19.9 Å². The van der Waals surface area contributed by atoms with Crippen molar-refractivity contribution in [2.75, 3.05) is 13.2 Å². The topological polar surface area (TPSA) is 100 Å². The summed E-state index contributed by atoms with van der Waals surface area (Å²) in [4.78, 5) is 23.9. The Balaban J connectivity index is 2.60. The maximum Gasteiger partial charge on any atom is 0.407 e. The summed E-state index contributed by atoms with van der Waals surface area (Å²) in [6.45, 7) is 7.97. The summed E-state index contributed by atoms with van der Waals surface area (Å²) >= 11 is 0. The van der Waals surface area contributed by atoms with E-state index in [0.29, 0.717) is 23.7 Å². The van der Waals surface area contributed by atoms with Gasteiger partial charge in [0.25, 0.3) is 5.91 Å². The summed E-state index contributed by atoms with van der Waals surface area (Å²) in [5.74, 6) is 0.383. The number of rotatable bonds is 9. The number of para-hydroxylation sites is 1. The van der Waals surface area contributed by atoms with Crippen LogP contribution in [0.5, 0.6) is 5.75 Å². The molecule has 0 aliphatic rings. The number of benzene rings is 1. The number of hydrogen-bond donors (Lipinski definition) is 2. The second-order valence-corrected chi connectivity index (χ2v) is 6.30. The minimum atomic E-state index is -0.771. The number of ether oxygens (including phenoxy) is 2. The smallest absolute Gasteiger partial charge is 0.407 e. The molecule has 0 radical (unpaired) electrons. The third-order valence-electron chi connectivity index (χ3n) is 3.56. The van der Waals surface area contributed by atoms with Gasteiger partial charge in [-0.1, -0.05) is 26.0 Å². The van der Waals surface area contributed by atoms with E-state index >= 15 is 0 Å². The van der Waals surface area contributed by atoms with Crippen LogP contribution in [0.4, 0.5) is 4.79 Å². The standard InChI is InChI=1S/C19H27N3O4/c1-5-25-19(24)22-16(10-13(2)3)12-21-18(23)14(4)26-17-9-7-6-8-15(17)11-20/h6-9,13-14,16H,5,10,12H2,1-4H3,(H,21,23)(H,22,24).